The van der Waals surface area contributed by atoms with Crippen LogP contribution in [0.4, 0.5) is 5.82 Å². The smallest absolute Gasteiger partial charge is 0.293 e. The van der Waals surface area contributed by atoms with Crippen LogP contribution < -0.4 is 10.9 Å². The Morgan fingerprint density at radius 3 is 3.06 bits per heavy atom. The molecular weight excluding hydrogens is 218 g/mol. The van der Waals surface area contributed by atoms with Gasteiger partial charge >= 0.3 is 0 Å². The van der Waals surface area contributed by atoms with E-state index >= 15 is 0 Å². The molecule has 94 valence electrons. The summed E-state index contributed by atoms with van der Waals surface area (Å²) in [5.41, 5.74) is -0.0455. The van der Waals surface area contributed by atoms with E-state index in [4.69, 9.17) is 4.74 Å². The van der Waals surface area contributed by atoms with E-state index in [9.17, 15) is 4.79 Å². The zero-order chi connectivity index (χ0) is 12.3. The van der Waals surface area contributed by atoms with Gasteiger partial charge in [0.15, 0.2) is 5.82 Å². The lowest BCUT2D eigenvalue weighted by molar-refractivity contribution is 0.108. The Labute approximate surface area is 101 Å². The normalized spacial score (nSPS) is 23.9. The average Bonchev–Trinajstić information content (AvgIpc) is 2.79. The number of ether oxygens (including phenoxy) is 1. The van der Waals surface area contributed by atoms with Gasteiger partial charge in [-0.05, 0) is 26.2 Å². The van der Waals surface area contributed by atoms with Crippen LogP contribution in [-0.2, 0) is 11.3 Å². The third-order valence-electron chi connectivity index (χ3n) is 3.31. The van der Waals surface area contributed by atoms with Crippen LogP contribution in [0, 0.1) is 0 Å². The minimum atomic E-state index is -0.0455. The first-order valence-electron chi connectivity index (χ1n) is 6.09. The van der Waals surface area contributed by atoms with Gasteiger partial charge in [0.25, 0.3) is 5.56 Å². The summed E-state index contributed by atoms with van der Waals surface area (Å²) in [5, 5.41) is 3.22. The van der Waals surface area contributed by atoms with Gasteiger partial charge in [0.1, 0.15) is 0 Å². The molecule has 2 atom stereocenters. The molecule has 5 heteroatoms. The minimum absolute atomic E-state index is 0.0455. The zero-order valence-electron chi connectivity index (χ0n) is 10.3. The summed E-state index contributed by atoms with van der Waals surface area (Å²) < 4.78 is 6.96. The quantitative estimate of drug-likeness (QED) is 0.856. The van der Waals surface area contributed by atoms with Crippen molar-refractivity contribution in [3.63, 3.8) is 0 Å². The van der Waals surface area contributed by atoms with E-state index in [0.29, 0.717) is 24.5 Å². The lowest BCUT2D eigenvalue weighted by Gasteiger charge is -2.13. The summed E-state index contributed by atoms with van der Waals surface area (Å²) in [6.45, 7) is 2.61. The van der Waals surface area contributed by atoms with Crippen molar-refractivity contribution in [1.29, 1.82) is 0 Å². The molecule has 0 saturated heterocycles. The van der Waals surface area contributed by atoms with Gasteiger partial charge in [0, 0.05) is 32.1 Å². The summed E-state index contributed by atoms with van der Waals surface area (Å²) in [4.78, 5) is 16.1. The molecule has 1 aliphatic rings. The second kappa shape index (κ2) is 5.31. The third kappa shape index (κ3) is 2.66. The van der Waals surface area contributed by atoms with Gasteiger partial charge in [-0.2, -0.15) is 0 Å². The second-order valence-corrected chi connectivity index (χ2v) is 4.38. The van der Waals surface area contributed by atoms with Crippen molar-refractivity contribution in [2.75, 3.05) is 12.4 Å². The van der Waals surface area contributed by atoms with Crippen molar-refractivity contribution in [2.24, 2.45) is 0 Å². The summed E-state index contributed by atoms with van der Waals surface area (Å²) in [5.74, 6) is 0.455. The van der Waals surface area contributed by atoms with Gasteiger partial charge < -0.3 is 14.6 Å². The highest BCUT2D eigenvalue weighted by Gasteiger charge is 2.25. The maximum atomic E-state index is 11.9. The molecule has 2 unspecified atom stereocenters. The van der Waals surface area contributed by atoms with Crippen LogP contribution >= 0.6 is 0 Å². The molecule has 0 amide bonds. The maximum absolute atomic E-state index is 11.9. The lowest BCUT2D eigenvalue weighted by atomic mass is 10.2. The molecule has 1 heterocycles. The Hall–Kier alpha value is -1.36. The van der Waals surface area contributed by atoms with Crippen molar-refractivity contribution in [2.45, 2.75) is 44.9 Å². The zero-order valence-corrected chi connectivity index (χ0v) is 10.3. The fourth-order valence-electron chi connectivity index (χ4n) is 2.27. The number of nitrogens with one attached hydrogen (secondary N) is 1. The molecule has 1 saturated carbocycles. The molecule has 0 aromatic carbocycles. The Balaban J connectivity index is 2.07. The third-order valence-corrected chi connectivity index (χ3v) is 3.31. The highest BCUT2D eigenvalue weighted by atomic mass is 16.5. The van der Waals surface area contributed by atoms with Crippen LogP contribution in [0.3, 0.4) is 0 Å². The van der Waals surface area contributed by atoms with E-state index in [-0.39, 0.29) is 5.56 Å². The largest absolute Gasteiger partial charge is 0.381 e. The topological polar surface area (TPSA) is 56.1 Å². The molecule has 0 aliphatic heterocycles. The molecule has 1 aliphatic carbocycles. The van der Waals surface area contributed by atoms with Crippen LogP contribution in [0.25, 0.3) is 0 Å². The number of anilines is 1. The molecule has 1 aromatic heterocycles. The van der Waals surface area contributed by atoms with Gasteiger partial charge in [-0.1, -0.05) is 0 Å². The summed E-state index contributed by atoms with van der Waals surface area (Å²) in [7, 11) is 1.73. The first-order valence-corrected chi connectivity index (χ1v) is 6.09. The van der Waals surface area contributed by atoms with Gasteiger partial charge in [0.2, 0.25) is 0 Å². The number of aromatic nitrogens is 2. The van der Waals surface area contributed by atoms with E-state index in [0.717, 1.165) is 19.3 Å². The molecule has 2 rings (SSSR count). The number of hydrogen-bond donors (Lipinski definition) is 1. The summed E-state index contributed by atoms with van der Waals surface area (Å²) in [6, 6.07) is 0.299. The van der Waals surface area contributed by atoms with Crippen molar-refractivity contribution in [3.8, 4) is 0 Å². The predicted octanol–water partition coefficient (Wildman–Crippen LogP) is 1.24. The molecule has 1 fully saturated rings. The van der Waals surface area contributed by atoms with E-state index in [1.54, 1.807) is 24.1 Å². The lowest BCUT2D eigenvalue weighted by Crippen LogP contribution is -2.28. The summed E-state index contributed by atoms with van der Waals surface area (Å²) in [6.07, 6.45) is 6.70. The Morgan fingerprint density at radius 1 is 1.59 bits per heavy atom. The highest BCUT2D eigenvalue weighted by Crippen LogP contribution is 2.23. The van der Waals surface area contributed by atoms with Crippen molar-refractivity contribution < 1.29 is 4.74 Å². The molecule has 17 heavy (non-hydrogen) atoms. The standard InChI is InChI=1S/C12H19N3O2/c1-3-15-7-6-13-11(12(15)16)14-9-4-5-10(8-9)17-2/h6-7,9-10H,3-5,8H2,1-2H3,(H,13,14). The average molecular weight is 237 g/mol. The Bertz CT molecular complexity index is 430. The van der Waals surface area contributed by atoms with Crippen molar-refractivity contribution >= 4 is 5.82 Å². The highest BCUT2D eigenvalue weighted by molar-refractivity contribution is 5.32. The van der Waals surface area contributed by atoms with Crippen molar-refractivity contribution in [1.82, 2.24) is 9.55 Å². The number of methoxy groups -OCH3 is 1. The molecular formula is C12H19N3O2. The van der Waals surface area contributed by atoms with Gasteiger partial charge in [-0.25, -0.2) is 4.98 Å². The van der Waals surface area contributed by atoms with E-state index in [1.165, 1.54) is 0 Å². The number of nitrogens with zero attached hydrogens (tertiary/aromatic N) is 2. The fraction of sp³-hybridized carbons (Fsp3) is 0.667. The SMILES string of the molecule is CCn1ccnc(NC2CCC(OC)C2)c1=O. The number of hydrogen-bond acceptors (Lipinski definition) is 4. The van der Waals surface area contributed by atoms with Crippen LogP contribution in [0.2, 0.25) is 0 Å². The number of aryl methyl sites for hydroxylation is 1. The molecule has 0 spiro atoms. The summed E-state index contributed by atoms with van der Waals surface area (Å²) >= 11 is 0. The molecule has 0 bridgehead atoms. The molecule has 1 aromatic rings. The van der Waals surface area contributed by atoms with Crippen LogP contribution in [-0.4, -0.2) is 28.8 Å². The molecule has 0 radical (unpaired) electrons. The first kappa shape index (κ1) is 12.1. The van der Waals surface area contributed by atoms with Gasteiger partial charge in [-0.3, -0.25) is 4.79 Å². The Kier molecular flexibility index (Phi) is 3.78. The van der Waals surface area contributed by atoms with Crippen LogP contribution in [0.15, 0.2) is 17.2 Å². The first-order chi connectivity index (χ1) is 8.24. The van der Waals surface area contributed by atoms with Crippen molar-refractivity contribution in [3.05, 3.63) is 22.7 Å². The van der Waals surface area contributed by atoms with Crippen LogP contribution in [0.1, 0.15) is 26.2 Å². The number of rotatable bonds is 4. The monoisotopic (exact) mass is 237 g/mol. The predicted molar refractivity (Wildman–Crippen MR) is 66.2 cm³/mol. The van der Waals surface area contributed by atoms with E-state index < -0.39 is 0 Å². The minimum Gasteiger partial charge on any atom is -0.381 e. The fourth-order valence-corrected chi connectivity index (χ4v) is 2.27. The second-order valence-electron chi connectivity index (χ2n) is 4.38. The maximum Gasteiger partial charge on any atom is 0.293 e. The molecule has 1 N–H and O–H groups in total. The molecule has 5 nitrogen and oxygen atoms in total. The van der Waals surface area contributed by atoms with E-state index in [2.05, 4.69) is 10.3 Å². The van der Waals surface area contributed by atoms with E-state index in [1.807, 2.05) is 6.92 Å². The van der Waals surface area contributed by atoms with Gasteiger partial charge in [-0.15, -0.1) is 0 Å². The van der Waals surface area contributed by atoms with Crippen LogP contribution in [0.5, 0.6) is 0 Å². The van der Waals surface area contributed by atoms with Gasteiger partial charge in [0.05, 0.1) is 6.10 Å². The Morgan fingerprint density at radius 2 is 2.41 bits per heavy atom.